The predicted molar refractivity (Wildman–Crippen MR) is 31.8 cm³/mol. The molecule has 9 heteroatoms. The highest BCUT2D eigenvalue weighted by atomic mass is 19.4. The molecule has 0 spiro atoms. The van der Waals surface area contributed by atoms with Gasteiger partial charge in [0.1, 0.15) is 12.1 Å². The molecule has 0 unspecified atom stereocenters. The zero-order valence-electron chi connectivity index (χ0n) is 6.27. The van der Waals surface area contributed by atoms with E-state index in [0.717, 1.165) is 0 Å². The molecule has 0 aliphatic rings. The first-order valence-corrected chi connectivity index (χ1v) is 2.83. The number of nitriles is 2. The van der Waals surface area contributed by atoms with Crippen molar-refractivity contribution >= 4 is 8.05 Å². The molecule has 0 aromatic heterocycles. The average molecular weight is 210 g/mol. The Balaban J connectivity index is 5.49. The van der Waals surface area contributed by atoms with E-state index >= 15 is 0 Å². The molecule has 0 saturated carbocycles. The van der Waals surface area contributed by atoms with Gasteiger partial charge in [-0.15, -0.1) is 0 Å². The van der Waals surface area contributed by atoms with Crippen LogP contribution in [0.3, 0.4) is 0 Å². The zero-order valence-corrected chi connectivity index (χ0v) is 6.27. The maximum Gasteiger partial charge on any atom is 0.458 e. The first-order valence-electron chi connectivity index (χ1n) is 2.83. The van der Waals surface area contributed by atoms with Gasteiger partial charge in [0.2, 0.25) is 0 Å². The van der Waals surface area contributed by atoms with Gasteiger partial charge in [0.25, 0.3) is 8.05 Å². The van der Waals surface area contributed by atoms with Crippen molar-refractivity contribution in [1.29, 1.82) is 10.5 Å². The number of rotatable bonds is 2. The molecule has 0 aliphatic heterocycles. The summed E-state index contributed by atoms with van der Waals surface area (Å²) in [6.07, 6.45) is -6.10. The lowest BCUT2D eigenvalue weighted by Gasteiger charge is -2.29. The fourth-order valence-electron chi connectivity index (χ4n) is 0.492. The molecule has 0 N–H and O–H groups in total. The number of alkyl halides is 5. The summed E-state index contributed by atoms with van der Waals surface area (Å²) in [5.41, 5.74) is -4.06. The third-order valence-corrected chi connectivity index (χ3v) is 1.29. The largest absolute Gasteiger partial charge is 0.458 e. The second kappa shape index (κ2) is 3.43. The molecule has 74 valence electrons. The molecule has 0 aromatic carbocycles. The van der Waals surface area contributed by atoms with Gasteiger partial charge in [-0.2, -0.15) is 32.5 Å². The lowest BCUT2D eigenvalue weighted by molar-refractivity contribution is -0.314. The SMILES string of the molecule is [B]OC(C#N)(C#N)C(F)(F)C(F)(F)F. The van der Waals surface area contributed by atoms with Crippen molar-refractivity contribution in [2.24, 2.45) is 0 Å². The van der Waals surface area contributed by atoms with Gasteiger partial charge in [-0.1, -0.05) is 0 Å². The van der Waals surface area contributed by atoms with Gasteiger partial charge in [0.15, 0.2) is 0 Å². The Hall–Kier alpha value is -1.35. The van der Waals surface area contributed by atoms with E-state index in [1.54, 1.807) is 0 Å². The van der Waals surface area contributed by atoms with Crippen LogP contribution in [0.15, 0.2) is 0 Å². The molecule has 0 saturated heterocycles. The monoisotopic (exact) mass is 210 g/mol. The van der Waals surface area contributed by atoms with E-state index in [9.17, 15) is 22.0 Å². The molecule has 14 heavy (non-hydrogen) atoms. The highest BCUT2D eigenvalue weighted by Gasteiger charge is 2.72. The average Bonchev–Trinajstić information content (AvgIpc) is 2.06. The van der Waals surface area contributed by atoms with Crippen LogP contribution in [0.5, 0.6) is 0 Å². The molecule has 0 rings (SSSR count). The number of nitrogens with zero attached hydrogens (tertiary/aromatic N) is 2. The zero-order chi connectivity index (χ0) is 11.6. The van der Waals surface area contributed by atoms with Gasteiger partial charge in [0.05, 0.1) is 0 Å². The summed E-state index contributed by atoms with van der Waals surface area (Å²) >= 11 is 0. The van der Waals surface area contributed by atoms with Gasteiger partial charge < -0.3 is 4.65 Å². The van der Waals surface area contributed by atoms with Gasteiger partial charge in [0, 0.05) is 0 Å². The van der Waals surface area contributed by atoms with E-state index in [-0.39, 0.29) is 0 Å². The van der Waals surface area contributed by atoms with Gasteiger partial charge >= 0.3 is 17.7 Å². The van der Waals surface area contributed by atoms with E-state index in [0.29, 0.717) is 12.1 Å². The van der Waals surface area contributed by atoms with Crippen LogP contribution in [0.25, 0.3) is 0 Å². The third kappa shape index (κ3) is 1.51. The number of hydrogen-bond donors (Lipinski definition) is 0. The van der Waals surface area contributed by atoms with Crippen LogP contribution in [0.2, 0.25) is 0 Å². The smallest absolute Gasteiger partial charge is 0.416 e. The summed E-state index contributed by atoms with van der Waals surface area (Å²) in [4.78, 5) is 0. The van der Waals surface area contributed by atoms with Crippen LogP contribution in [0.4, 0.5) is 22.0 Å². The Labute approximate surface area is 76.1 Å². The molecule has 0 aliphatic carbocycles. The summed E-state index contributed by atoms with van der Waals surface area (Å²) in [6.45, 7) is 0. The first-order chi connectivity index (χ1) is 6.18. The Morgan fingerprint density at radius 1 is 1.00 bits per heavy atom. The first kappa shape index (κ1) is 12.7. The van der Waals surface area contributed by atoms with Gasteiger partial charge in [-0.05, 0) is 0 Å². The van der Waals surface area contributed by atoms with Crippen LogP contribution in [0.1, 0.15) is 0 Å². The van der Waals surface area contributed by atoms with Crippen LogP contribution in [0, 0.1) is 22.7 Å². The van der Waals surface area contributed by atoms with Crippen LogP contribution < -0.4 is 0 Å². The lowest BCUT2D eigenvalue weighted by Crippen LogP contribution is -2.56. The fraction of sp³-hybridized carbons (Fsp3) is 0.600. The molecule has 2 radical (unpaired) electrons. The number of halogens is 5. The second-order valence-electron chi connectivity index (χ2n) is 2.09. The minimum Gasteiger partial charge on any atom is -0.416 e. The van der Waals surface area contributed by atoms with Crippen molar-refractivity contribution in [2.45, 2.75) is 17.7 Å². The van der Waals surface area contributed by atoms with E-state index < -0.39 is 17.7 Å². The Morgan fingerprint density at radius 2 is 1.36 bits per heavy atom. The maximum absolute atomic E-state index is 12.5. The molecule has 0 bridgehead atoms. The number of hydrogen-bond acceptors (Lipinski definition) is 3. The topological polar surface area (TPSA) is 56.8 Å². The minimum atomic E-state index is -6.10. The molecular weight excluding hydrogens is 210 g/mol. The van der Waals surface area contributed by atoms with Crippen molar-refractivity contribution in [3.63, 3.8) is 0 Å². The molecule has 3 nitrogen and oxygen atoms in total. The highest BCUT2D eigenvalue weighted by molar-refractivity contribution is 5.98. The Kier molecular flexibility index (Phi) is 3.10. The third-order valence-electron chi connectivity index (χ3n) is 1.29. The molecule has 0 fully saturated rings. The fourth-order valence-corrected chi connectivity index (χ4v) is 0.492. The molecular formula is C5BF5N2O. The van der Waals surface area contributed by atoms with Crippen LogP contribution in [-0.4, -0.2) is 25.7 Å². The van der Waals surface area contributed by atoms with Crippen molar-refractivity contribution in [2.75, 3.05) is 0 Å². The standard InChI is InChI=1S/C5BF5N2O/c6-14-3(1-12,2-13)4(7,8)5(9,10)11. The van der Waals surface area contributed by atoms with E-state index in [1.165, 1.54) is 0 Å². The highest BCUT2D eigenvalue weighted by Crippen LogP contribution is 2.44. The van der Waals surface area contributed by atoms with Crippen molar-refractivity contribution in [3.8, 4) is 12.1 Å². The normalized spacial score (nSPS) is 13.1. The van der Waals surface area contributed by atoms with Gasteiger partial charge in [-0.3, -0.25) is 0 Å². The predicted octanol–water partition coefficient (Wildman–Crippen LogP) is 1.07. The Morgan fingerprint density at radius 3 is 1.43 bits per heavy atom. The summed E-state index contributed by atoms with van der Waals surface area (Å²) in [7, 11) is 4.09. The van der Waals surface area contributed by atoms with Crippen molar-refractivity contribution in [1.82, 2.24) is 0 Å². The summed E-state index contributed by atoms with van der Waals surface area (Å²) in [5.74, 6) is -5.67. The van der Waals surface area contributed by atoms with Crippen molar-refractivity contribution in [3.05, 3.63) is 0 Å². The van der Waals surface area contributed by atoms with E-state index in [4.69, 9.17) is 10.5 Å². The van der Waals surface area contributed by atoms with E-state index in [2.05, 4.69) is 12.7 Å². The lowest BCUT2D eigenvalue weighted by atomic mass is 9.97. The molecule has 0 heterocycles. The molecule has 0 aromatic rings. The quantitative estimate of drug-likeness (QED) is 0.505. The molecule has 0 amide bonds. The summed E-state index contributed by atoms with van der Waals surface area (Å²) < 4.78 is 63.2. The molecule has 0 atom stereocenters. The van der Waals surface area contributed by atoms with Crippen molar-refractivity contribution < 1.29 is 26.6 Å². The van der Waals surface area contributed by atoms with Crippen LogP contribution in [-0.2, 0) is 4.65 Å². The summed E-state index contributed by atoms with van der Waals surface area (Å²) in [6, 6.07) is 0.767. The van der Waals surface area contributed by atoms with E-state index in [1.807, 2.05) is 0 Å². The second-order valence-corrected chi connectivity index (χ2v) is 2.09. The van der Waals surface area contributed by atoms with Gasteiger partial charge in [-0.25, -0.2) is 0 Å². The minimum absolute atomic E-state index is 0.383. The Bertz CT molecular complexity index is 287. The summed E-state index contributed by atoms with van der Waals surface area (Å²) in [5, 5.41) is 16.0. The van der Waals surface area contributed by atoms with Crippen LogP contribution >= 0.6 is 0 Å². The maximum atomic E-state index is 12.5.